The standard InChI is InChI=1S/C35H49N7O8S/c1-22(2)31-34(47)37-24(4)32(45)39-28(19-25-13-8-7-9-14-25)35(48)41(5)20-29(43)36-17-11-16-27(33(46)40-31)38-30(44)21-42(51(6,49)50)26-15-10-12-23(3)18-26/h7-10,12-15,18,22,24,27-28,31H,11,16-17,19-21H2,1-6H3,(H,36,43)(H,37,47)(H,38,44)(H,39,45)(H,40,46)/t24-,27+,28+,31-/m1/s1. The first-order valence-electron chi connectivity index (χ1n) is 16.8. The van der Waals surface area contributed by atoms with Gasteiger partial charge in [-0.3, -0.25) is 33.1 Å². The highest BCUT2D eigenvalue weighted by molar-refractivity contribution is 7.92. The zero-order chi connectivity index (χ0) is 37.9. The van der Waals surface area contributed by atoms with Crippen LogP contribution in [0.3, 0.4) is 0 Å². The number of anilines is 1. The smallest absolute Gasteiger partial charge is 0.245 e. The van der Waals surface area contributed by atoms with E-state index in [1.165, 1.54) is 18.9 Å². The van der Waals surface area contributed by atoms with Crippen molar-refractivity contribution >= 4 is 51.2 Å². The maximum absolute atomic E-state index is 13.7. The van der Waals surface area contributed by atoms with E-state index in [2.05, 4.69) is 26.6 Å². The molecule has 0 radical (unpaired) electrons. The molecule has 2 aromatic rings. The summed E-state index contributed by atoms with van der Waals surface area (Å²) >= 11 is 0. The maximum atomic E-state index is 13.7. The van der Waals surface area contributed by atoms with E-state index in [1.54, 1.807) is 69.3 Å². The molecule has 15 nitrogen and oxygen atoms in total. The Morgan fingerprint density at radius 1 is 0.961 bits per heavy atom. The van der Waals surface area contributed by atoms with Crippen LogP contribution in [0.15, 0.2) is 54.6 Å². The first kappa shape index (κ1) is 40.4. The van der Waals surface area contributed by atoms with Gasteiger partial charge in [-0.05, 0) is 55.9 Å². The second-order valence-electron chi connectivity index (χ2n) is 13.1. The van der Waals surface area contributed by atoms with Crippen LogP contribution in [0, 0.1) is 12.8 Å². The molecule has 0 unspecified atom stereocenters. The molecule has 3 rings (SSSR count). The summed E-state index contributed by atoms with van der Waals surface area (Å²) in [6.45, 7) is 5.76. The van der Waals surface area contributed by atoms with Crippen LogP contribution in [0.1, 0.15) is 44.7 Å². The number of likely N-dealkylation sites (N-methyl/N-ethyl adjacent to an activating group) is 1. The number of rotatable bonds is 8. The van der Waals surface area contributed by atoms with Gasteiger partial charge in [0.1, 0.15) is 30.7 Å². The predicted molar refractivity (Wildman–Crippen MR) is 192 cm³/mol. The van der Waals surface area contributed by atoms with Crippen LogP contribution in [0.5, 0.6) is 0 Å². The van der Waals surface area contributed by atoms with Gasteiger partial charge in [-0.15, -0.1) is 0 Å². The summed E-state index contributed by atoms with van der Waals surface area (Å²) in [5.41, 5.74) is 1.82. The maximum Gasteiger partial charge on any atom is 0.245 e. The van der Waals surface area contributed by atoms with Crippen molar-refractivity contribution in [3.8, 4) is 0 Å². The summed E-state index contributed by atoms with van der Waals surface area (Å²) in [6.07, 6.45) is 1.33. The lowest BCUT2D eigenvalue weighted by Gasteiger charge is -2.29. The molecule has 0 aromatic heterocycles. The van der Waals surface area contributed by atoms with E-state index in [0.29, 0.717) is 0 Å². The average molecular weight is 728 g/mol. The molecule has 1 aliphatic heterocycles. The first-order valence-corrected chi connectivity index (χ1v) is 18.6. The third-order valence-corrected chi connectivity index (χ3v) is 9.41. The van der Waals surface area contributed by atoms with Gasteiger partial charge in [-0.25, -0.2) is 8.42 Å². The van der Waals surface area contributed by atoms with Crippen LogP contribution >= 0.6 is 0 Å². The van der Waals surface area contributed by atoms with Crippen LogP contribution in [0.4, 0.5) is 5.69 Å². The number of carbonyl (C=O) groups excluding carboxylic acids is 6. The number of carbonyl (C=O) groups is 6. The molecule has 1 heterocycles. The van der Waals surface area contributed by atoms with Gasteiger partial charge in [0.15, 0.2) is 0 Å². The number of nitrogens with one attached hydrogen (secondary N) is 5. The highest BCUT2D eigenvalue weighted by Crippen LogP contribution is 2.19. The van der Waals surface area contributed by atoms with E-state index in [1.807, 2.05) is 6.07 Å². The fraction of sp³-hybridized carbons (Fsp3) is 0.486. The molecule has 51 heavy (non-hydrogen) atoms. The third kappa shape index (κ3) is 12.4. The summed E-state index contributed by atoms with van der Waals surface area (Å²) < 4.78 is 26.2. The molecule has 1 aliphatic rings. The van der Waals surface area contributed by atoms with Gasteiger partial charge < -0.3 is 31.5 Å². The van der Waals surface area contributed by atoms with Crippen molar-refractivity contribution in [1.82, 2.24) is 31.5 Å². The lowest BCUT2D eigenvalue weighted by molar-refractivity contribution is -0.139. The highest BCUT2D eigenvalue weighted by atomic mass is 32.2. The van der Waals surface area contributed by atoms with Crippen LogP contribution in [0.25, 0.3) is 0 Å². The van der Waals surface area contributed by atoms with E-state index in [4.69, 9.17) is 0 Å². The summed E-state index contributed by atoms with van der Waals surface area (Å²) in [5, 5.41) is 13.3. The second kappa shape index (κ2) is 18.3. The summed E-state index contributed by atoms with van der Waals surface area (Å²) in [4.78, 5) is 81.2. The number of hydrogen-bond donors (Lipinski definition) is 5. The molecule has 0 aliphatic carbocycles. The number of hydrogen-bond acceptors (Lipinski definition) is 8. The Balaban J connectivity index is 1.85. The first-order chi connectivity index (χ1) is 24.0. The monoisotopic (exact) mass is 727 g/mol. The fourth-order valence-electron chi connectivity index (χ4n) is 5.48. The molecular weight excluding hydrogens is 678 g/mol. The molecule has 16 heteroatoms. The summed E-state index contributed by atoms with van der Waals surface area (Å²) in [5.74, 6) is -4.24. The van der Waals surface area contributed by atoms with E-state index < -0.39 is 82.1 Å². The van der Waals surface area contributed by atoms with Crippen molar-refractivity contribution in [1.29, 1.82) is 0 Å². The summed E-state index contributed by atoms with van der Waals surface area (Å²) in [7, 11) is -2.46. The normalized spacial score (nSPS) is 21.8. The van der Waals surface area contributed by atoms with Crippen molar-refractivity contribution in [2.24, 2.45) is 5.92 Å². The topological polar surface area (TPSA) is 203 Å². The Morgan fingerprint density at radius 3 is 2.27 bits per heavy atom. The zero-order valence-electron chi connectivity index (χ0n) is 29.9. The third-order valence-electron chi connectivity index (χ3n) is 8.27. The van der Waals surface area contributed by atoms with Gasteiger partial charge in [-0.2, -0.15) is 0 Å². The molecule has 1 saturated heterocycles. The van der Waals surface area contributed by atoms with Crippen LogP contribution in [-0.2, 0) is 45.2 Å². The molecule has 5 N–H and O–H groups in total. The van der Waals surface area contributed by atoms with Crippen molar-refractivity contribution < 1.29 is 37.2 Å². The molecule has 1 fully saturated rings. The van der Waals surface area contributed by atoms with Gasteiger partial charge in [0.25, 0.3) is 0 Å². The lowest BCUT2D eigenvalue weighted by Crippen LogP contribution is -2.59. The lowest BCUT2D eigenvalue weighted by atomic mass is 10.0. The Morgan fingerprint density at radius 2 is 1.65 bits per heavy atom. The van der Waals surface area contributed by atoms with Gasteiger partial charge in [-0.1, -0.05) is 56.3 Å². The van der Waals surface area contributed by atoms with E-state index in [0.717, 1.165) is 21.7 Å². The largest absolute Gasteiger partial charge is 0.355 e. The SMILES string of the molecule is Cc1cccc(N(CC(=O)N[C@H]2CCCNC(=O)CN(C)C(=O)[C@H](Cc3ccccc3)NC(=O)[C@@H](C)NC(=O)[C@@H](C(C)C)NC2=O)S(C)(=O)=O)c1. The van der Waals surface area contributed by atoms with Gasteiger partial charge >= 0.3 is 0 Å². The Labute approximate surface area is 299 Å². The van der Waals surface area contributed by atoms with Crippen molar-refractivity contribution in [3.63, 3.8) is 0 Å². The minimum absolute atomic E-state index is 0.0142. The molecule has 2 aromatic carbocycles. The summed E-state index contributed by atoms with van der Waals surface area (Å²) in [6, 6.07) is 11.1. The van der Waals surface area contributed by atoms with Gasteiger partial charge in [0, 0.05) is 20.0 Å². The second-order valence-corrected chi connectivity index (χ2v) is 15.0. The minimum Gasteiger partial charge on any atom is -0.355 e. The number of amides is 6. The Kier molecular flexibility index (Phi) is 14.5. The fourth-order valence-corrected chi connectivity index (χ4v) is 6.32. The van der Waals surface area contributed by atoms with Crippen LogP contribution in [-0.4, -0.2) is 106 Å². The van der Waals surface area contributed by atoms with Crippen molar-refractivity contribution in [2.45, 2.75) is 71.1 Å². The van der Waals surface area contributed by atoms with Crippen LogP contribution in [0.2, 0.25) is 0 Å². The molecular formula is C35H49N7O8S. The Hall–Kier alpha value is -4.99. The van der Waals surface area contributed by atoms with E-state index >= 15 is 0 Å². The van der Waals surface area contributed by atoms with Gasteiger partial charge in [0.2, 0.25) is 45.5 Å². The van der Waals surface area contributed by atoms with E-state index in [-0.39, 0.29) is 38.0 Å². The Bertz CT molecular complexity index is 1690. The number of benzene rings is 2. The number of aryl methyl sites for hydroxylation is 1. The minimum atomic E-state index is -3.90. The number of sulfonamides is 1. The zero-order valence-corrected chi connectivity index (χ0v) is 30.7. The highest BCUT2D eigenvalue weighted by Gasteiger charge is 2.33. The molecule has 4 atom stereocenters. The molecule has 0 spiro atoms. The van der Waals surface area contributed by atoms with Crippen molar-refractivity contribution in [2.75, 3.05) is 37.2 Å². The predicted octanol–water partition coefficient (Wildman–Crippen LogP) is -0.0128. The molecule has 0 bridgehead atoms. The average Bonchev–Trinajstić information content (AvgIpc) is 3.05. The van der Waals surface area contributed by atoms with Crippen molar-refractivity contribution in [3.05, 3.63) is 65.7 Å². The molecule has 6 amide bonds. The van der Waals surface area contributed by atoms with Gasteiger partial charge in [0.05, 0.1) is 18.5 Å². The number of nitrogens with zero attached hydrogens (tertiary/aromatic N) is 2. The molecule has 0 saturated carbocycles. The van der Waals surface area contributed by atoms with Crippen LogP contribution < -0.4 is 30.9 Å². The molecule has 278 valence electrons. The van der Waals surface area contributed by atoms with E-state index in [9.17, 15) is 37.2 Å². The quantitative estimate of drug-likeness (QED) is 0.250.